The molecule has 0 spiro atoms. The Morgan fingerprint density at radius 1 is 1.21 bits per heavy atom. The number of nitrogens with one attached hydrogen (secondary N) is 1. The van der Waals surface area contributed by atoms with Crippen LogP contribution in [-0.2, 0) is 17.5 Å². The van der Waals surface area contributed by atoms with Gasteiger partial charge in [-0.05, 0) is 56.2 Å². The molecule has 180 valence electrons. The zero-order chi connectivity index (χ0) is 24.8. The van der Waals surface area contributed by atoms with Gasteiger partial charge in [-0.2, -0.15) is 13.2 Å². The summed E-state index contributed by atoms with van der Waals surface area (Å²) in [4.78, 5) is 28.6. The number of hydrogen-bond acceptors (Lipinski definition) is 3. The van der Waals surface area contributed by atoms with Crippen molar-refractivity contribution < 1.29 is 27.5 Å². The van der Waals surface area contributed by atoms with Crippen LogP contribution in [0.2, 0.25) is 0 Å². The summed E-state index contributed by atoms with van der Waals surface area (Å²) in [5, 5.41) is 2.81. The largest absolute Gasteiger partial charge is 0.487 e. The SMILES string of the molecule is CCN1Cc2ccc(NC(=O)C=C3CC(C)(C)Oc4cc(C(F)(F)F)ccc43)cc2N(C)C1=O. The van der Waals surface area contributed by atoms with Gasteiger partial charge in [0.25, 0.3) is 0 Å². The maximum absolute atomic E-state index is 13.2. The molecule has 2 aliphatic heterocycles. The van der Waals surface area contributed by atoms with Crippen molar-refractivity contribution in [3.8, 4) is 5.75 Å². The lowest BCUT2D eigenvalue weighted by Crippen LogP contribution is -2.44. The average molecular weight is 473 g/mol. The van der Waals surface area contributed by atoms with Gasteiger partial charge in [0.2, 0.25) is 5.91 Å². The van der Waals surface area contributed by atoms with Crippen LogP contribution in [-0.4, -0.2) is 36.0 Å². The molecule has 2 heterocycles. The van der Waals surface area contributed by atoms with E-state index in [1.807, 2.05) is 13.0 Å². The van der Waals surface area contributed by atoms with E-state index < -0.39 is 23.2 Å². The normalized spacial score (nSPS) is 18.3. The maximum atomic E-state index is 13.2. The highest BCUT2D eigenvalue weighted by Gasteiger charge is 2.35. The Bertz CT molecular complexity index is 1190. The van der Waals surface area contributed by atoms with E-state index in [9.17, 15) is 22.8 Å². The van der Waals surface area contributed by atoms with Gasteiger partial charge in [0, 0.05) is 43.9 Å². The number of nitrogens with zero attached hydrogens (tertiary/aromatic N) is 2. The number of fused-ring (bicyclic) bond motifs is 2. The molecule has 0 aromatic heterocycles. The van der Waals surface area contributed by atoms with E-state index >= 15 is 0 Å². The molecule has 0 bridgehead atoms. The van der Waals surface area contributed by atoms with Crippen LogP contribution < -0.4 is 15.0 Å². The number of benzene rings is 2. The quantitative estimate of drug-likeness (QED) is 0.584. The Morgan fingerprint density at radius 2 is 1.94 bits per heavy atom. The summed E-state index contributed by atoms with van der Waals surface area (Å²) in [5.41, 5.74) is 1.67. The minimum Gasteiger partial charge on any atom is -0.487 e. The van der Waals surface area contributed by atoms with Gasteiger partial charge in [-0.1, -0.05) is 12.1 Å². The van der Waals surface area contributed by atoms with Crippen molar-refractivity contribution in [2.75, 3.05) is 23.8 Å². The summed E-state index contributed by atoms with van der Waals surface area (Å²) in [5.74, 6) is -0.321. The predicted molar refractivity (Wildman–Crippen MR) is 124 cm³/mol. The van der Waals surface area contributed by atoms with Crippen molar-refractivity contribution in [3.63, 3.8) is 0 Å². The summed E-state index contributed by atoms with van der Waals surface area (Å²) in [7, 11) is 1.69. The Balaban J connectivity index is 1.60. The van der Waals surface area contributed by atoms with Crippen LogP contribution in [0.25, 0.3) is 5.57 Å². The number of amides is 3. The van der Waals surface area contributed by atoms with Gasteiger partial charge in [0.15, 0.2) is 0 Å². The first-order valence-electron chi connectivity index (χ1n) is 11.0. The van der Waals surface area contributed by atoms with Gasteiger partial charge in [0.05, 0.1) is 11.3 Å². The van der Waals surface area contributed by atoms with Gasteiger partial charge in [-0.25, -0.2) is 4.79 Å². The van der Waals surface area contributed by atoms with Crippen LogP contribution in [0.3, 0.4) is 0 Å². The average Bonchev–Trinajstić information content (AvgIpc) is 2.74. The second-order valence-corrected chi connectivity index (χ2v) is 9.11. The highest BCUT2D eigenvalue weighted by molar-refractivity contribution is 6.05. The maximum Gasteiger partial charge on any atom is 0.416 e. The third kappa shape index (κ3) is 4.60. The third-order valence-corrected chi connectivity index (χ3v) is 5.98. The molecule has 0 fully saturated rings. The molecule has 0 saturated heterocycles. The first-order chi connectivity index (χ1) is 15.9. The van der Waals surface area contributed by atoms with E-state index in [0.29, 0.717) is 36.3 Å². The number of hydrogen-bond donors (Lipinski definition) is 1. The van der Waals surface area contributed by atoms with E-state index in [-0.39, 0.29) is 11.8 Å². The molecule has 2 aromatic rings. The van der Waals surface area contributed by atoms with Crippen molar-refractivity contribution >= 4 is 28.9 Å². The molecule has 3 amide bonds. The Kier molecular flexibility index (Phi) is 5.83. The summed E-state index contributed by atoms with van der Waals surface area (Å²) >= 11 is 0. The van der Waals surface area contributed by atoms with Gasteiger partial charge in [-0.15, -0.1) is 0 Å². The zero-order valence-electron chi connectivity index (χ0n) is 19.4. The summed E-state index contributed by atoms with van der Waals surface area (Å²) in [6.07, 6.45) is -2.74. The second kappa shape index (κ2) is 8.38. The lowest BCUT2D eigenvalue weighted by Gasteiger charge is -2.35. The Hall–Kier alpha value is -3.49. The monoisotopic (exact) mass is 473 g/mol. The number of urea groups is 1. The highest BCUT2D eigenvalue weighted by atomic mass is 19.4. The van der Waals surface area contributed by atoms with E-state index in [0.717, 1.165) is 23.4 Å². The summed E-state index contributed by atoms with van der Waals surface area (Å²) in [6, 6.07) is 8.57. The molecule has 2 aromatic carbocycles. The fraction of sp³-hybridized carbons (Fsp3) is 0.360. The lowest BCUT2D eigenvalue weighted by atomic mass is 9.88. The standard InChI is InChI=1S/C25H26F3N3O3/c1-5-31-14-15-6-8-18(12-20(15)30(4)23(31)33)29-22(32)10-16-13-24(2,3)34-21-11-17(25(26,27)28)7-9-19(16)21/h6-12H,5,13-14H2,1-4H3,(H,29,32). The van der Waals surface area contributed by atoms with Crippen LogP contribution in [0.1, 0.15) is 43.9 Å². The molecule has 6 nitrogen and oxygen atoms in total. The number of anilines is 2. The topological polar surface area (TPSA) is 61.9 Å². The van der Waals surface area contributed by atoms with Crippen LogP contribution in [0.5, 0.6) is 5.75 Å². The van der Waals surface area contributed by atoms with E-state index in [4.69, 9.17) is 4.74 Å². The number of carbonyl (C=O) groups is 2. The molecule has 0 aliphatic carbocycles. The molecule has 4 rings (SSSR count). The molecular formula is C25H26F3N3O3. The van der Waals surface area contributed by atoms with Crippen molar-refractivity contribution in [3.05, 3.63) is 59.2 Å². The third-order valence-electron chi connectivity index (χ3n) is 5.98. The number of halogens is 3. The van der Waals surface area contributed by atoms with E-state index in [1.165, 1.54) is 12.1 Å². The minimum absolute atomic E-state index is 0.0968. The van der Waals surface area contributed by atoms with Gasteiger partial charge >= 0.3 is 12.2 Å². The smallest absolute Gasteiger partial charge is 0.416 e. The number of rotatable bonds is 3. The van der Waals surface area contributed by atoms with Crippen LogP contribution in [0, 0.1) is 0 Å². The first-order valence-corrected chi connectivity index (χ1v) is 11.0. The van der Waals surface area contributed by atoms with Crippen molar-refractivity contribution in [2.24, 2.45) is 0 Å². The molecule has 0 unspecified atom stereocenters. The summed E-state index contributed by atoms with van der Waals surface area (Å²) < 4.78 is 45.2. The lowest BCUT2D eigenvalue weighted by molar-refractivity contribution is -0.137. The Morgan fingerprint density at radius 3 is 2.62 bits per heavy atom. The molecule has 0 saturated carbocycles. The van der Waals surface area contributed by atoms with Gasteiger partial charge in [0.1, 0.15) is 11.4 Å². The van der Waals surface area contributed by atoms with Crippen LogP contribution >= 0.6 is 0 Å². The molecular weight excluding hydrogens is 447 g/mol. The zero-order valence-corrected chi connectivity index (χ0v) is 19.4. The predicted octanol–water partition coefficient (Wildman–Crippen LogP) is 5.68. The van der Waals surface area contributed by atoms with Crippen LogP contribution in [0.15, 0.2) is 42.5 Å². The van der Waals surface area contributed by atoms with Crippen LogP contribution in [0.4, 0.5) is 29.3 Å². The summed E-state index contributed by atoms with van der Waals surface area (Å²) in [6.45, 7) is 6.54. The molecule has 9 heteroatoms. The molecule has 34 heavy (non-hydrogen) atoms. The van der Waals surface area contributed by atoms with E-state index in [2.05, 4.69) is 5.32 Å². The molecule has 0 atom stereocenters. The molecule has 1 N–H and O–H groups in total. The Labute approximate surface area is 196 Å². The molecule has 0 radical (unpaired) electrons. The minimum atomic E-state index is -4.49. The fourth-order valence-corrected chi connectivity index (χ4v) is 4.32. The molecule has 2 aliphatic rings. The number of ether oxygens (including phenoxy) is 1. The highest BCUT2D eigenvalue weighted by Crippen LogP contribution is 2.43. The second-order valence-electron chi connectivity index (χ2n) is 9.11. The first kappa shape index (κ1) is 23.7. The number of carbonyl (C=O) groups excluding carboxylic acids is 2. The van der Waals surface area contributed by atoms with Crippen molar-refractivity contribution in [1.82, 2.24) is 4.90 Å². The van der Waals surface area contributed by atoms with Gasteiger partial charge < -0.3 is 15.0 Å². The van der Waals surface area contributed by atoms with Crippen molar-refractivity contribution in [1.29, 1.82) is 0 Å². The van der Waals surface area contributed by atoms with Gasteiger partial charge in [-0.3, -0.25) is 9.69 Å². The van der Waals surface area contributed by atoms with E-state index in [1.54, 1.807) is 42.8 Å². The number of alkyl halides is 3. The van der Waals surface area contributed by atoms with Crippen molar-refractivity contribution in [2.45, 2.75) is 45.5 Å². The fourth-order valence-electron chi connectivity index (χ4n) is 4.32.